The molecule has 0 aromatic rings. The van der Waals surface area contributed by atoms with E-state index in [0.717, 1.165) is 6.66 Å². The Hall–Kier alpha value is 0.660. The molecular weight excluding hydrogens is 152 g/mol. The first-order chi connectivity index (χ1) is 3.48. The molecular formula is C3H7NNaO3P. The first-order valence-corrected chi connectivity index (χ1v) is 4.03. The van der Waals surface area contributed by atoms with Crippen molar-refractivity contribution < 1.29 is 44.2 Å². The third-order valence-electron chi connectivity index (χ3n) is 0.733. The van der Waals surface area contributed by atoms with E-state index in [4.69, 9.17) is 5.21 Å². The standard InChI is InChI=1S/C3H8NO3P.Na/c1-3(4-5)8(2,6)7;/h5H,1-2H3,(H,6,7);/q;+1/p-1. The molecule has 0 saturated heterocycles. The second-order valence-electron chi connectivity index (χ2n) is 1.49. The van der Waals surface area contributed by atoms with E-state index < -0.39 is 7.37 Å². The molecule has 4 nitrogen and oxygen atoms in total. The summed E-state index contributed by atoms with van der Waals surface area (Å²) in [6.45, 7) is 2.23. The van der Waals surface area contributed by atoms with E-state index in [9.17, 15) is 9.46 Å². The normalized spacial score (nSPS) is 17.9. The van der Waals surface area contributed by atoms with Crippen molar-refractivity contribution in [3.05, 3.63) is 0 Å². The predicted molar refractivity (Wildman–Crippen MR) is 28.4 cm³/mol. The third kappa shape index (κ3) is 5.12. The van der Waals surface area contributed by atoms with E-state index >= 15 is 0 Å². The minimum absolute atomic E-state index is 0. The summed E-state index contributed by atoms with van der Waals surface area (Å²) < 4.78 is 10.3. The maximum absolute atomic E-state index is 10.3. The van der Waals surface area contributed by atoms with Gasteiger partial charge in [-0.2, -0.15) is 0 Å². The Bertz CT molecular complexity index is 151. The molecule has 48 valence electrons. The molecule has 1 atom stereocenters. The van der Waals surface area contributed by atoms with E-state index in [1.165, 1.54) is 6.92 Å². The van der Waals surface area contributed by atoms with Crippen molar-refractivity contribution in [1.29, 1.82) is 0 Å². The number of nitrogens with zero attached hydrogens (tertiary/aromatic N) is 1. The van der Waals surface area contributed by atoms with Crippen molar-refractivity contribution in [2.24, 2.45) is 5.16 Å². The molecule has 0 aromatic carbocycles. The first-order valence-electron chi connectivity index (χ1n) is 1.96. The zero-order valence-electron chi connectivity index (χ0n) is 5.66. The molecule has 0 rings (SSSR count). The summed E-state index contributed by atoms with van der Waals surface area (Å²) >= 11 is 0. The molecule has 0 aliphatic rings. The van der Waals surface area contributed by atoms with Gasteiger partial charge >= 0.3 is 29.6 Å². The van der Waals surface area contributed by atoms with Crippen LogP contribution in [0.15, 0.2) is 5.16 Å². The minimum atomic E-state index is -3.51. The number of hydrogen-bond donors (Lipinski definition) is 1. The second kappa shape index (κ2) is 4.47. The van der Waals surface area contributed by atoms with Gasteiger partial charge in [0.05, 0.1) is 12.8 Å². The maximum Gasteiger partial charge on any atom is 1.00 e. The average molecular weight is 159 g/mol. The molecule has 6 heteroatoms. The molecule has 0 aromatic heterocycles. The smallest absolute Gasteiger partial charge is 0.795 e. The van der Waals surface area contributed by atoms with Crippen LogP contribution in [-0.2, 0) is 4.57 Å². The molecule has 0 fully saturated rings. The van der Waals surface area contributed by atoms with Gasteiger partial charge in [0.1, 0.15) is 0 Å². The van der Waals surface area contributed by atoms with Crippen LogP contribution in [0.4, 0.5) is 0 Å². The minimum Gasteiger partial charge on any atom is -0.795 e. The average Bonchev–Trinajstić information content (AvgIpc) is 1.62. The largest absolute Gasteiger partial charge is 1.00 e. The van der Waals surface area contributed by atoms with Gasteiger partial charge in [-0.1, -0.05) is 5.16 Å². The van der Waals surface area contributed by atoms with Gasteiger partial charge in [0.2, 0.25) is 0 Å². The van der Waals surface area contributed by atoms with Crippen LogP contribution < -0.4 is 34.5 Å². The van der Waals surface area contributed by atoms with Gasteiger partial charge in [0.25, 0.3) is 0 Å². The molecule has 0 radical (unpaired) electrons. The van der Waals surface area contributed by atoms with E-state index in [1.807, 2.05) is 0 Å². The van der Waals surface area contributed by atoms with Crippen LogP contribution in [0.25, 0.3) is 0 Å². The molecule has 0 saturated carbocycles. The molecule has 0 spiro atoms. The van der Waals surface area contributed by atoms with Crippen LogP contribution in [-0.4, -0.2) is 17.3 Å². The van der Waals surface area contributed by atoms with Crippen molar-refractivity contribution in [2.45, 2.75) is 6.92 Å². The summed E-state index contributed by atoms with van der Waals surface area (Å²) in [5, 5.41) is 10.4. The Morgan fingerprint density at radius 2 is 2.11 bits per heavy atom. The second-order valence-corrected chi connectivity index (χ2v) is 3.83. The summed E-state index contributed by atoms with van der Waals surface area (Å²) in [6.07, 6.45) is 0. The summed E-state index contributed by atoms with van der Waals surface area (Å²) in [4.78, 5) is 10.3. The van der Waals surface area contributed by atoms with Crippen LogP contribution in [0.2, 0.25) is 0 Å². The van der Waals surface area contributed by atoms with Gasteiger partial charge in [-0.05, 0) is 13.6 Å². The van der Waals surface area contributed by atoms with Crippen LogP contribution in [0, 0.1) is 0 Å². The maximum atomic E-state index is 10.3. The number of hydrogen-bond acceptors (Lipinski definition) is 4. The fraction of sp³-hybridized carbons (Fsp3) is 0.667. The van der Waals surface area contributed by atoms with Crippen molar-refractivity contribution in [3.8, 4) is 0 Å². The zero-order chi connectivity index (χ0) is 6.78. The molecule has 0 amide bonds. The van der Waals surface area contributed by atoms with E-state index in [0.29, 0.717) is 0 Å². The third-order valence-corrected chi connectivity index (χ3v) is 2.00. The summed E-state index contributed by atoms with van der Waals surface area (Å²) in [5.41, 5.74) is -0.238. The molecule has 0 aliphatic carbocycles. The number of oxime groups is 1. The summed E-state index contributed by atoms with van der Waals surface area (Å²) in [7, 11) is -3.51. The Labute approximate surface area is 75.7 Å². The molecule has 1 N–H and O–H groups in total. The molecule has 1 unspecified atom stereocenters. The van der Waals surface area contributed by atoms with Crippen molar-refractivity contribution >= 4 is 12.8 Å². The van der Waals surface area contributed by atoms with Crippen molar-refractivity contribution in [3.63, 3.8) is 0 Å². The van der Waals surface area contributed by atoms with Crippen LogP contribution >= 0.6 is 7.37 Å². The Morgan fingerprint density at radius 1 is 1.78 bits per heavy atom. The molecule has 0 aliphatic heterocycles. The van der Waals surface area contributed by atoms with E-state index in [1.54, 1.807) is 0 Å². The molecule has 9 heavy (non-hydrogen) atoms. The Balaban J connectivity index is 0. The Morgan fingerprint density at radius 3 is 2.11 bits per heavy atom. The van der Waals surface area contributed by atoms with Gasteiger partial charge in [0.15, 0.2) is 0 Å². The monoisotopic (exact) mass is 159 g/mol. The molecule has 0 bridgehead atoms. The number of rotatable bonds is 1. The topological polar surface area (TPSA) is 72.7 Å². The SMILES string of the molecule is CC(=NO)P(C)(=O)[O-].[Na+]. The fourth-order valence-electron chi connectivity index (χ4n) is 0.0812. The summed E-state index contributed by atoms with van der Waals surface area (Å²) in [5.74, 6) is 0. The first kappa shape index (κ1) is 12.3. The quantitative estimate of drug-likeness (QED) is 0.146. The van der Waals surface area contributed by atoms with Gasteiger partial charge in [0, 0.05) is 0 Å². The van der Waals surface area contributed by atoms with Crippen molar-refractivity contribution in [1.82, 2.24) is 0 Å². The predicted octanol–water partition coefficient (Wildman–Crippen LogP) is -2.93. The van der Waals surface area contributed by atoms with Crippen molar-refractivity contribution in [2.75, 3.05) is 6.66 Å². The van der Waals surface area contributed by atoms with E-state index in [2.05, 4.69) is 5.16 Å². The van der Waals surface area contributed by atoms with Gasteiger partial charge in [-0.25, -0.2) is 0 Å². The zero-order valence-corrected chi connectivity index (χ0v) is 8.55. The van der Waals surface area contributed by atoms with Crippen LogP contribution in [0.1, 0.15) is 6.92 Å². The van der Waals surface area contributed by atoms with E-state index in [-0.39, 0.29) is 35.0 Å². The fourth-order valence-corrected chi connectivity index (χ4v) is 0.244. The van der Waals surface area contributed by atoms with Gasteiger partial charge in [-0.3, -0.25) is 0 Å². The van der Waals surface area contributed by atoms with Crippen LogP contribution in [0.5, 0.6) is 0 Å². The Kier molecular flexibility index (Phi) is 6.13. The molecule has 0 heterocycles. The van der Waals surface area contributed by atoms with Gasteiger partial charge in [-0.15, -0.1) is 0 Å². The summed E-state index contributed by atoms with van der Waals surface area (Å²) in [6, 6.07) is 0. The van der Waals surface area contributed by atoms with Crippen LogP contribution in [0.3, 0.4) is 0 Å². The van der Waals surface area contributed by atoms with Gasteiger partial charge < -0.3 is 14.7 Å².